The number of amides is 2. The molecule has 0 fully saturated rings. The van der Waals surface area contributed by atoms with Crippen molar-refractivity contribution in [3.05, 3.63) is 88.4 Å². The Morgan fingerprint density at radius 2 is 1.52 bits per heavy atom. The van der Waals surface area contributed by atoms with Gasteiger partial charge in [0.05, 0.1) is 17.7 Å². The van der Waals surface area contributed by atoms with Crippen molar-refractivity contribution in [3.63, 3.8) is 0 Å². The number of benzene rings is 3. The molecule has 11 heteroatoms. The Hall–Kier alpha value is -3.27. The molecule has 214 valence electrons. The monoisotopic (exact) mass is 605 g/mol. The zero-order chi connectivity index (χ0) is 29.4. The van der Waals surface area contributed by atoms with E-state index in [-0.39, 0.29) is 29.1 Å². The fraction of sp³-hybridized carbons (Fsp3) is 0.310. The number of rotatable bonds is 12. The Morgan fingerprint density at radius 1 is 0.925 bits per heavy atom. The first kappa shape index (κ1) is 31.3. The van der Waals surface area contributed by atoms with E-state index in [0.717, 1.165) is 4.31 Å². The van der Waals surface area contributed by atoms with Gasteiger partial charge in [0.25, 0.3) is 10.0 Å². The summed E-state index contributed by atoms with van der Waals surface area (Å²) in [6, 6.07) is 18.0. The maximum Gasteiger partial charge on any atom is 0.264 e. The van der Waals surface area contributed by atoms with Crippen LogP contribution in [-0.4, -0.2) is 50.9 Å². The predicted molar refractivity (Wildman–Crippen MR) is 158 cm³/mol. The van der Waals surface area contributed by atoms with E-state index in [2.05, 4.69) is 5.32 Å². The number of anilines is 1. The predicted octanol–water partition coefficient (Wildman–Crippen LogP) is 5.53. The minimum Gasteiger partial charge on any atom is -0.497 e. The van der Waals surface area contributed by atoms with Gasteiger partial charge in [0.15, 0.2) is 0 Å². The number of nitrogens with zero attached hydrogens (tertiary/aromatic N) is 2. The van der Waals surface area contributed by atoms with E-state index in [0.29, 0.717) is 27.8 Å². The normalized spacial score (nSPS) is 12.8. The van der Waals surface area contributed by atoms with Gasteiger partial charge in [0.2, 0.25) is 11.8 Å². The molecule has 3 rings (SSSR count). The molecule has 2 atom stereocenters. The van der Waals surface area contributed by atoms with Crippen LogP contribution in [0.4, 0.5) is 5.69 Å². The van der Waals surface area contributed by atoms with E-state index in [9.17, 15) is 18.0 Å². The van der Waals surface area contributed by atoms with Gasteiger partial charge in [-0.25, -0.2) is 8.42 Å². The zero-order valence-corrected chi connectivity index (χ0v) is 25.1. The molecular weight excluding hydrogens is 573 g/mol. The molecule has 0 aromatic heterocycles. The summed E-state index contributed by atoms with van der Waals surface area (Å²) >= 11 is 12.8. The molecule has 1 N–H and O–H groups in total. The molecule has 8 nitrogen and oxygen atoms in total. The smallest absolute Gasteiger partial charge is 0.264 e. The average Bonchev–Trinajstić information content (AvgIpc) is 2.95. The Labute approximate surface area is 245 Å². The van der Waals surface area contributed by atoms with Gasteiger partial charge >= 0.3 is 0 Å². The number of ether oxygens (including phenoxy) is 1. The first-order chi connectivity index (χ1) is 19.0. The molecule has 40 heavy (non-hydrogen) atoms. The van der Waals surface area contributed by atoms with E-state index in [1.54, 1.807) is 67.6 Å². The molecule has 0 bridgehead atoms. The standard InChI is InChI=1S/C29H33Cl2N3O5S/c1-5-20(2)32-29(36)21(3)33(18-25-26(30)12-9-13-27(25)31)28(35)19-34(22-14-16-23(39-4)17-15-22)40(37,38)24-10-7-6-8-11-24/h6-17,20-21H,5,18-19H2,1-4H3,(H,32,36)/t20-,21+/m0/s1. The third-order valence-electron chi connectivity index (χ3n) is 6.53. The summed E-state index contributed by atoms with van der Waals surface area (Å²) in [7, 11) is -2.67. The van der Waals surface area contributed by atoms with Gasteiger partial charge in [0, 0.05) is 28.2 Å². The highest BCUT2D eigenvalue weighted by Crippen LogP contribution is 2.29. The number of sulfonamides is 1. The lowest BCUT2D eigenvalue weighted by molar-refractivity contribution is -0.139. The third-order valence-corrected chi connectivity index (χ3v) is 9.03. The van der Waals surface area contributed by atoms with Crippen molar-refractivity contribution >= 4 is 50.7 Å². The van der Waals surface area contributed by atoms with E-state index >= 15 is 0 Å². The number of halogens is 2. The molecule has 0 spiro atoms. The van der Waals surface area contributed by atoms with Crippen molar-refractivity contribution < 1.29 is 22.7 Å². The van der Waals surface area contributed by atoms with E-state index in [1.807, 2.05) is 13.8 Å². The van der Waals surface area contributed by atoms with Gasteiger partial charge < -0.3 is 15.0 Å². The molecule has 0 radical (unpaired) electrons. The largest absolute Gasteiger partial charge is 0.497 e. The number of carbonyl (C=O) groups is 2. The van der Waals surface area contributed by atoms with Gasteiger partial charge in [-0.15, -0.1) is 0 Å². The Bertz CT molecular complexity index is 1400. The number of hydrogen-bond donors (Lipinski definition) is 1. The van der Waals surface area contributed by atoms with Crippen LogP contribution in [0.25, 0.3) is 0 Å². The number of carbonyl (C=O) groups excluding carboxylic acids is 2. The summed E-state index contributed by atoms with van der Waals surface area (Å²) in [6.45, 7) is 4.70. The van der Waals surface area contributed by atoms with Crippen LogP contribution in [-0.2, 0) is 26.2 Å². The van der Waals surface area contributed by atoms with Crippen molar-refractivity contribution in [1.82, 2.24) is 10.2 Å². The Morgan fingerprint density at radius 3 is 2.08 bits per heavy atom. The minimum absolute atomic E-state index is 0.0156. The van der Waals surface area contributed by atoms with Gasteiger partial charge in [-0.1, -0.05) is 54.4 Å². The maximum atomic E-state index is 14.0. The second-order valence-corrected chi connectivity index (χ2v) is 11.9. The summed E-state index contributed by atoms with van der Waals surface area (Å²) < 4.78 is 33.8. The summed E-state index contributed by atoms with van der Waals surface area (Å²) in [4.78, 5) is 28.4. The van der Waals surface area contributed by atoms with Crippen molar-refractivity contribution in [2.24, 2.45) is 0 Å². The lowest BCUT2D eigenvalue weighted by atomic mass is 10.1. The van der Waals surface area contributed by atoms with Crippen LogP contribution in [0.15, 0.2) is 77.7 Å². The van der Waals surface area contributed by atoms with E-state index in [4.69, 9.17) is 27.9 Å². The molecule has 0 saturated carbocycles. The van der Waals surface area contributed by atoms with Gasteiger partial charge in [-0.3, -0.25) is 13.9 Å². The van der Waals surface area contributed by atoms with Crippen LogP contribution in [0.5, 0.6) is 5.75 Å². The molecule has 3 aromatic carbocycles. The second kappa shape index (κ2) is 13.9. The highest BCUT2D eigenvalue weighted by atomic mass is 35.5. The molecule has 2 amide bonds. The fourth-order valence-corrected chi connectivity index (χ4v) is 5.85. The molecule has 3 aromatic rings. The molecular formula is C29H33Cl2N3O5S. The van der Waals surface area contributed by atoms with Gasteiger partial charge in [0.1, 0.15) is 18.3 Å². The van der Waals surface area contributed by atoms with E-state index in [1.165, 1.54) is 24.1 Å². The van der Waals surface area contributed by atoms with Crippen LogP contribution < -0.4 is 14.4 Å². The van der Waals surface area contributed by atoms with Crippen molar-refractivity contribution in [1.29, 1.82) is 0 Å². The first-order valence-electron chi connectivity index (χ1n) is 12.7. The number of nitrogens with one attached hydrogen (secondary N) is 1. The third kappa shape index (κ3) is 7.47. The number of methoxy groups -OCH3 is 1. The highest BCUT2D eigenvalue weighted by Gasteiger charge is 2.33. The quantitative estimate of drug-likeness (QED) is 0.293. The lowest BCUT2D eigenvalue weighted by Gasteiger charge is -2.32. The van der Waals surface area contributed by atoms with Crippen LogP contribution in [0, 0.1) is 0 Å². The van der Waals surface area contributed by atoms with Crippen molar-refractivity contribution in [2.45, 2.75) is 50.7 Å². The molecule has 0 heterocycles. The summed E-state index contributed by atoms with van der Waals surface area (Å²) in [6.07, 6.45) is 0.698. The summed E-state index contributed by atoms with van der Waals surface area (Å²) in [5.74, 6) is -0.469. The Kier molecular flexibility index (Phi) is 10.8. The SMILES string of the molecule is CC[C@H](C)NC(=O)[C@@H](C)N(Cc1c(Cl)cccc1Cl)C(=O)CN(c1ccc(OC)cc1)S(=O)(=O)c1ccccc1. The average molecular weight is 607 g/mol. The molecule has 0 aliphatic carbocycles. The van der Waals surface area contributed by atoms with Crippen LogP contribution in [0.1, 0.15) is 32.8 Å². The minimum atomic E-state index is -4.17. The van der Waals surface area contributed by atoms with Crippen molar-refractivity contribution in [2.75, 3.05) is 18.0 Å². The van der Waals surface area contributed by atoms with Crippen LogP contribution >= 0.6 is 23.2 Å². The van der Waals surface area contributed by atoms with Gasteiger partial charge in [-0.2, -0.15) is 0 Å². The summed E-state index contributed by atoms with van der Waals surface area (Å²) in [5.41, 5.74) is 0.703. The zero-order valence-electron chi connectivity index (χ0n) is 22.8. The van der Waals surface area contributed by atoms with E-state index < -0.39 is 28.5 Å². The highest BCUT2D eigenvalue weighted by molar-refractivity contribution is 7.92. The fourth-order valence-electron chi connectivity index (χ4n) is 3.90. The van der Waals surface area contributed by atoms with Gasteiger partial charge in [-0.05, 0) is 68.8 Å². The molecule has 0 unspecified atom stereocenters. The summed E-state index contributed by atoms with van der Waals surface area (Å²) in [5, 5.41) is 3.53. The van der Waals surface area contributed by atoms with Crippen LogP contribution in [0.2, 0.25) is 10.0 Å². The van der Waals surface area contributed by atoms with Crippen LogP contribution in [0.3, 0.4) is 0 Å². The molecule has 0 aliphatic rings. The second-order valence-electron chi connectivity index (χ2n) is 9.24. The molecule has 0 saturated heterocycles. The first-order valence-corrected chi connectivity index (χ1v) is 14.9. The maximum absolute atomic E-state index is 14.0. The lowest BCUT2D eigenvalue weighted by Crippen LogP contribution is -2.52. The Balaban J connectivity index is 2.05. The number of hydrogen-bond acceptors (Lipinski definition) is 5. The molecule has 0 aliphatic heterocycles. The topological polar surface area (TPSA) is 96.0 Å². The van der Waals surface area contributed by atoms with Crippen molar-refractivity contribution in [3.8, 4) is 5.75 Å².